The van der Waals surface area contributed by atoms with Crippen LogP contribution in [-0.4, -0.2) is 9.78 Å². The molecule has 0 spiro atoms. The summed E-state index contributed by atoms with van der Waals surface area (Å²) in [4.78, 5) is 0. The van der Waals surface area contributed by atoms with E-state index in [1.54, 1.807) is 10.7 Å². The van der Waals surface area contributed by atoms with Crippen molar-refractivity contribution in [3.8, 4) is 0 Å². The average molecular weight is 196 g/mol. The molecule has 1 aromatic heterocycles. The van der Waals surface area contributed by atoms with E-state index in [1.807, 2.05) is 6.92 Å². The molecule has 5 heteroatoms. The van der Waals surface area contributed by atoms with Gasteiger partial charge in [0.2, 0.25) is 0 Å². The molecule has 11 heavy (non-hydrogen) atoms. The van der Waals surface area contributed by atoms with Gasteiger partial charge in [0.05, 0.1) is 5.69 Å². The Hall–Kier alpha value is -0.250. The van der Waals surface area contributed by atoms with Crippen LogP contribution in [-0.2, 0) is 13.1 Å². The Morgan fingerprint density at radius 3 is 2.64 bits per heavy atom. The van der Waals surface area contributed by atoms with Crippen molar-refractivity contribution in [2.45, 2.75) is 20.0 Å². The summed E-state index contributed by atoms with van der Waals surface area (Å²) in [7, 11) is 0. The zero-order valence-electron chi connectivity index (χ0n) is 6.25. The molecule has 0 fully saturated rings. The third-order valence-corrected chi connectivity index (χ3v) is 1.59. The number of nitrogens with zero attached hydrogens (tertiary/aromatic N) is 2. The molecule has 0 aromatic carbocycles. The molecular formula is C6H11Cl2N3. The van der Waals surface area contributed by atoms with Gasteiger partial charge in [0.1, 0.15) is 5.15 Å². The lowest BCUT2D eigenvalue weighted by Crippen LogP contribution is -2.00. The smallest absolute Gasteiger partial charge is 0.127 e. The molecular weight excluding hydrogens is 185 g/mol. The van der Waals surface area contributed by atoms with Crippen LogP contribution in [0.5, 0.6) is 0 Å². The van der Waals surface area contributed by atoms with Crippen molar-refractivity contribution in [3.05, 3.63) is 16.9 Å². The first-order valence-electron chi connectivity index (χ1n) is 3.20. The minimum atomic E-state index is 0. The van der Waals surface area contributed by atoms with E-state index in [4.69, 9.17) is 17.3 Å². The van der Waals surface area contributed by atoms with Crippen LogP contribution in [0.4, 0.5) is 0 Å². The maximum atomic E-state index is 5.77. The second-order valence-corrected chi connectivity index (χ2v) is 2.37. The summed E-state index contributed by atoms with van der Waals surface area (Å²) in [6.07, 6.45) is 0. The topological polar surface area (TPSA) is 43.8 Å². The van der Waals surface area contributed by atoms with Crippen molar-refractivity contribution >= 4 is 24.0 Å². The molecule has 0 saturated carbocycles. The van der Waals surface area contributed by atoms with Gasteiger partial charge in [-0.1, -0.05) is 11.6 Å². The minimum absolute atomic E-state index is 0. The third-order valence-electron chi connectivity index (χ3n) is 1.29. The molecule has 0 unspecified atom stereocenters. The molecule has 0 radical (unpaired) electrons. The van der Waals surface area contributed by atoms with Gasteiger partial charge in [0.25, 0.3) is 0 Å². The van der Waals surface area contributed by atoms with Crippen LogP contribution < -0.4 is 5.73 Å². The van der Waals surface area contributed by atoms with Gasteiger partial charge in [-0.2, -0.15) is 5.10 Å². The van der Waals surface area contributed by atoms with E-state index >= 15 is 0 Å². The Bertz CT molecular complexity index is 222. The Kier molecular flexibility index (Phi) is 4.49. The van der Waals surface area contributed by atoms with Gasteiger partial charge in [0, 0.05) is 13.1 Å². The first kappa shape index (κ1) is 10.8. The lowest BCUT2D eigenvalue weighted by molar-refractivity contribution is 0.648. The molecule has 0 bridgehead atoms. The molecule has 2 N–H and O–H groups in total. The van der Waals surface area contributed by atoms with Crippen LogP contribution in [0, 0.1) is 0 Å². The van der Waals surface area contributed by atoms with Crippen LogP contribution >= 0.6 is 24.0 Å². The van der Waals surface area contributed by atoms with Gasteiger partial charge in [-0.05, 0) is 13.0 Å². The molecule has 0 aliphatic carbocycles. The van der Waals surface area contributed by atoms with Gasteiger partial charge < -0.3 is 5.73 Å². The molecule has 0 aliphatic heterocycles. The van der Waals surface area contributed by atoms with Gasteiger partial charge in [-0.3, -0.25) is 4.68 Å². The third kappa shape index (κ3) is 2.36. The normalized spacial score (nSPS) is 9.36. The number of hydrogen-bond acceptors (Lipinski definition) is 2. The van der Waals surface area contributed by atoms with Crippen molar-refractivity contribution in [2.75, 3.05) is 0 Å². The van der Waals surface area contributed by atoms with Gasteiger partial charge in [-0.15, -0.1) is 12.4 Å². The number of halogens is 2. The van der Waals surface area contributed by atoms with E-state index in [0.29, 0.717) is 11.7 Å². The van der Waals surface area contributed by atoms with Crippen LogP contribution in [0.1, 0.15) is 12.6 Å². The number of nitrogens with two attached hydrogens (primary N) is 1. The largest absolute Gasteiger partial charge is 0.325 e. The van der Waals surface area contributed by atoms with Crippen molar-refractivity contribution in [2.24, 2.45) is 5.73 Å². The zero-order chi connectivity index (χ0) is 7.56. The van der Waals surface area contributed by atoms with Gasteiger partial charge >= 0.3 is 0 Å². The number of aromatic nitrogens is 2. The lowest BCUT2D eigenvalue weighted by Gasteiger charge is -1.93. The van der Waals surface area contributed by atoms with Crippen molar-refractivity contribution in [3.63, 3.8) is 0 Å². The molecule has 0 saturated heterocycles. The first-order valence-corrected chi connectivity index (χ1v) is 3.58. The molecule has 1 aromatic rings. The van der Waals surface area contributed by atoms with E-state index in [0.717, 1.165) is 12.2 Å². The number of hydrogen-bond donors (Lipinski definition) is 1. The van der Waals surface area contributed by atoms with E-state index < -0.39 is 0 Å². The average Bonchev–Trinajstić information content (AvgIpc) is 2.30. The summed E-state index contributed by atoms with van der Waals surface area (Å²) in [5.74, 6) is 0. The molecule has 1 rings (SSSR count). The van der Waals surface area contributed by atoms with Gasteiger partial charge in [0.15, 0.2) is 0 Å². The van der Waals surface area contributed by atoms with Crippen molar-refractivity contribution in [1.29, 1.82) is 0 Å². The van der Waals surface area contributed by atoms with Crippen LogP contribution in [0.2, 0.25) is 5.15 Å². The summed E-state index contributed by atoms with van der Waals surface area (Å²) >= 11 is 5.77. The molecule has 0 aliphatic rings. The Balaban J connectivity index is 0.000001000. The second kappa shape index (κ2) is 4.59. The SMILES string of the molecule is CCn1nc(CN)cc1Cl.Cl. The highest BCUT2D eigenvalue weighted by Gasteiger charge is 2.00. The summed E-state index contributed by atoms with van der Waals surface area (Å²) in [5, 5.41) is 4.76. The zero-order valence-corrected chi connectivity index (χ0v) is 7.82. The Labute approximate surface area is 76.9 Å². The molecule has 0 amide bonds. The predicted molar refractivity (Wildman–Crippen MR) is 48.1 cm³/mol. The predicted octanol–water partition coefficient (Wildman–Crippen LogP) is 1.44. The summed E-state index contributed by atoms with van der Waals surface area (Å²) in [6, 6.07) is 1.78. The van der Waals surface area contributed by atoms with Crippen LogP contribution in [0.15, 0.2) is 6.07 Å². The fraction of sp³-hybridized carbons (Fsp3) is 0.500. The van der Waals surface area contributed by atoms with Crippen molar-refractivity contribution in [1.82, 2.24) is 9.78 Å². The second-order valence-electron chi connectivity index (χ2n) is 1.98. The molecule has 3 nitrogen and oxygen atoms in total. The first-order chi connectivity index (χ1) is 4.77. The summed E-state index contributed by atoms with van der Waals surface area (Å²) < 4.78 is 1.71. The number of aryl methyl sites for hydroxylation is 1. The van der Waals surface area contributed by atoms with Crippen LogP contribution in [0.3, 0.4) is 0 Å². The maximum absolute atomic E-state index is 5.77. The molecule has 1 heterocycles. The summed E-state index contributed by atoms with van der Waals surface area (Å²) in [5.41, 5.74) is 6.19. The molecule has 0 atom stereocenters. The minimum Gasteiger partial charge on any atom is -0.325 e. The fourth-order valence-electron chi connectivity index (χ4n) is 0.765. The number of rotatable bonds is 2. The highest BCUT2D eigenvalue weighted by atomic mass is 35.5. The maximum Gasteiger partial charge on any atom is 0.127 e. The van der Waals surface area contributed by atoms with Crippen molar-refractivity contribution < 1.29 is 0 Å². The van der Waals surface area contributed by atoms with E-state index in [1.165, 1.54) is 0 Å². The van der Waals surface area contributed by atoms with E-state index in [-0.39, 0.29) is 12.4 Å². The van der Waals surface area contributed by atoms with Crippen LogP contribution in [0.25, 0.3) is 0 Å². The molecule has 64 valence electrons. The van der Waals surface area contributed by atoms with E-state index in [9.17, 15) is 0 Å². The quantitative estimate of drug-likeness (QED) is 0.777. The van der Waals surface area contributed by atoms with E-state index in [2.05, 4.69) is 5.10 Å². The Morgan fingerprint density at radius 2 is 2.36 bits per heavy atom. The summed E-state index contributed by atoms with van der Waals surface area (Å²) in [6.45, 7) is 3.23. The fourth-order valence-corrected chi connectivity index (χ4v) is 1.05. The van der Waals surface area contributed by atoms with Gasteiger partial charge in [-0.25, -0.2) is 0 Å². The highest BCUT2D eigenvalue weighted by Crippen LogP contribution is 2.09. The lowest BCUT2D eigenvalue weighted by atomic mass is 10.4. The Morgan fingerprint density at radius 1 is 1.73 bits per heavy atom. The monoisotopic (exact) mass is 195 g/mol. The highest BCUT2D eigenvalue weighted by molar-refractivity contribution is 6.29. The standard InChI is InChI=1S/C6H10ClN3.ClH/c1-2-10-6(7)3-5(4-8)9-10;/h3H,2,4,8H2,1H3;1H.